The number of aryl methyl sites for hydroxylation is 1. The number of sulfone groups is 1. The van der Waals surface area contributed by atoms with Crippen LogP contribution >= 0.6 is 0 Å². The number of nitro groups is 1. The predicted octanol–water partition coefficient (Wildman–Crippen LogP) is 1.21. The molecule has 0 heterocycles. The molecule has 0 aliphatic rings. The van der Waals surface area contributed by atoms with Gasteiger partial charge in [0.05, 0.1) is 16.2 Å². The van der Waals surface area contributed by atoms with Gasteiger partial charge in [0.15, 0.2) is 0 Å². The first-order valence-corrected chi connectivity index (χ1v) is 8.00. The van der Waals surface area contributed by atoms with Crippen molar-refractivity contribution in [3.8, 4) is 0 Å². The number of benzene rings is 1. The number of nitrogens with zero attached hydrogens (tertiary/aromatic N) is 1. The smallest absolute Gasteiger partial charge is 0.270 e. The molecule has 0 aromatic heterocycles. The second-order valence-electron chi connectivity index (χ2n) is 4.85. The first kappa shape index (κ1) is 17.0. The predicted molar refractivity (Wildman–Crippen MR) is 74.4 cm³/mol. The van der Waals surface area contributed by atoms with E-state index in [-0.39, 0.29) is 11.3 Å². The maximum atomic E-state index is 13.9. The summed E-state index contributed by atoms with van der Waals surface area (Å²) >= 11 is 0. The lowest BCUT2D eigenvalue weighted by atomic mass is 10.1. The lowest BCUT2D eigenvalue weighted by Gasteiger charge is -2.13. The van der Waals surface area contributed by atoms with Gasteiger partial charge < -0.3 is 5.32 Å². The maximum absolute atomic E-state index is 13.9. The van der Waals surface area contributed by atoms with E-state index in [0.29, 0.717) is 0 Å². The fourth-order valence-corrected chi connectivity index (χ4v) is 2.81. The van der Waals surface area contributed by atoms with Crippen LogP contribution in [0.3, 0.4) is 0 Å². The molecule has 0 aliphatic carbocycles. The molecule has 1 rings (SSSR count). The number of amides is 1. The summed E-state index contributed by atoms with van der Waals surface area (Å²) in [5, 5.41) is 13.0. The molecule has 1 amide bonds. The van der Waals surface area contributed by atoms with E-state index in [1.807, 2.05) is 0 Å². The van der Waals surface area contributed by atoms with Gasteiger partial charge in [-0.2, -0.15) is 0 Å². The number of rotatable bonds is 5. The van der Waals surface area contributed by atoms with Crippen LogP contribution in [0.4, 0.5) is 10.1 Å². The normalized spacial score (nSPS) is 12.8. The molecule has 0 saturated heterocycles. The molecule has 0 spiro atoms. The van der Waals surface area contributed by atoms with Crippen LogP contribution in [0.1, 0.15) is 22.8 Å². The monoisotopic (exact) mass is 318 g/mol. The summed E-state index contributed by atoms with van der Waals surface area (Å²) < 4.78 is 36.1. The zero-order valence-electron chi connectivity index (χ0n) is 11.7. The molecule has 1 N–H and O–H groups in total. The SMILES string of the molecule is Cc1cc([N+](=O)[O-])cc(C(=O)NC(C)CS(C)(=O)=O)c1F. The number of non-ortho nitro benzene ring substituents is 1. The topological polar surface area (TPSA) is 106 Å². The first-order valence-electron chi connectivity index (χ1n) is 5.94. The minimum absolute atomic E-state index is 0.0369. The molecular formula is C12H15FN2O5S. The third kappa shape index (κ3) is 4.78. The fraction of sp³-hybridized carbons (Fsp3) is 0.417. The highest BCUT2D eigenvalue weighted by atomic mass is 32.2. The van der Waals surface area contributed by atoms with Crippen molar-refractivity contribution < 1.29 is 22.5 Å². The van der Waals surface area contributed by atoms with Crippen LogP contribution in [-0.4, -0.2) is 37.3 Å². The highest BCUT2D eigenvalue weighted by Crippen LogP contribution is 2.21. The molecule has 1 aromatic rings. The molecule has 1 atom stereocenters. The number of carbonyl (C=O) groups is 1. The second-order valence-corrected chi connectivity index (χ2v) is 7.03. The second kappa shape index (κ2) is 6.17. The van der Waals surface area contributed by atoms with Gasteiger partial charge in [-0.15, -0.1) is 0 Å². The van der Waals surface area contributed by atoms with Gasteiger partial charge >= 0.3 is 0 Å². The third-order valence-corrected chi connectivity index (χ3v) is 3.73. The Hall–Kier alpha value is -2.03. The van der Waals surface area contributed by atoms with Crippen LogP contribution in [0.25, 0.3) is 0 Å². The highest BCUT2D eigenvalue weighted by Gasteiger charge is 2.21. The molecule has 0 fully saturated rings. The van der Waals surface area contributed by atoms with Gasteiger partial charge in [0, 0.05) is 24.4 Å². The van der Waals surface area contributed by atoms with Crippen molar-refractivity contribution >= 4 is 21.4 Å². The summed E-state index contributed by atoms with van der Waals surface area (Å²) in [7, 11) is -3.31. The molecule has 1 unspecified atom stereocenters. The quantitative estimate of drug-likeness (QED) is 0.648. The van der Waals surface area contributed by atoms with E-state index in [4.69, 9.17) is 0 Å². The van der Waals surface area contributed by atoms with Crippen LogP contribution in [0.15, 0.2) is 12.1 Å². The lowest BCUT2D eigenvalue weighted by Crippen LogP contribution is -2.37. The summed E-state index contributed by atoms with van der Waals surface area (Å²) in [6.07, 6.45) is 1.01. The number of nitro benzene ring substituents is 1. The Kier molecular flexibility index (Phi) is 5.00. The van der Waals surface area contributed by atoms with Gasteiger partial charge in [-0.25, -0.2) is 12.8 Å². The van der Waals surface area contributed by atoms with Crippen LogP contribution in [0.5, 0.6) is 0 Å². The van der Waals surface area contributed by atoms with Crippen LogP contribution < -0.4 is 5.32 Å². The zero-order valence-corrected chi connectivity index (χ0v) is 12.5. The first-order chi connectivity index (χ1) is 9.51. The van der Waals surface area contributed by atoms with E-state index in [0.717, 1.165) is 18.4 Å². The van der Waals surface area contributed by atoms with Crippen molar-refractivity contribution in [2.24, 2.45) is 0 Å². The van der Waals surface area contributed by atoms with Crippen molar-refractivity contribution in [2.75, 3.05) is 12.0 Å². The minimum Gasteiger partial charge on any atom is -0.348 e. The molecule has 1 aromatic carbocycles. The van der Waals surface area contributed by atoms with Gasteiger partial charge in [-0.05, 0) is 19.4 Å². The zero-order chi connectivity index (χ0) is 16.4. The molecule has 116 valence electrons. The van der Waals surface area contributed by atoms with Crippen molar-refractivity contribution in [2.45, 2.75) is 19.9 Å². The largest absolute Gasteiger partial charge is 0.348 e. The van der Waals surface area contributed by atoms with E-state index in [9.17, 15) is 27.7 Å². The summed E-state index contributed by atoms with van der Waals surface area (Å²) in [5.74, 6) is -2.08. The Balaban J connectivity index is 3.05. The van der Waals surface area contributed by atoms with Gasteiger partial charge in [-0.3, -0.25) is 14.9 Å². The minimum atomic E-state index is -3.31. The van der Waals surface area contributed by atoms with E-state index in [1.165, 1.54) is 13.8 Å². The van der Waals surface area contributed by atoms with Gasteiger partial charge in [0.2, 0.25) is 0 Å². The molecule has 21 heavy (non-hydrogen) atoms. The Labute approximate surface area is 121 Å². The number of hydrogen-bond donors (Lipinski definition) is 1. The molecule has 0 aliphatic heterocycles. The molecule has 9 heteroatoms. The van der Waals surface area contributed by atoms with Gasteiger partial charge in [0.1, 0.15) is 15.7 Å². The van der Waals surface area contributed by atoms with Gasteiger partial charge in [0.25, 0.3) is 11.6 Å². The van der Waals surface area contributed by atoms with Gasteiger partial charge in [-0.1, -0.05) is 0 Å². The molecule has 0 radical (unpaired) electrons. The molecular weight excluding hydrogens is 303 g/mol. The molecule has 0 bridgehead atoms. The Morgan fingerprint density at radius 2 is 2.05 bits per heavy atom. The van der Waals surface area contributed by atoms with Crippen LogP contribution in [0.2, 0.25) is 0 Å². The van der Waals surface area contributed by atoms with E-state index in [1.54, 1.807) is 0 Å². The summed E-state index contributed by atoms with van der Waals surface area (Å²) in [4.78, 5) is 21.9. The number of hydrogen-bond acceptors (Lipinski definition) is 5. The molecule has 7 nitrogen and oxygen atoms in total. The van der Waals surface area contributed by atoms with E-state index >= 15 is 0 Å². The fourth-order valence-electron chi connectivity index (χ4n) is 1.82. The summed E-state index contributed by atoms with van der Waals surface area (Å²) in [6.45, 7) is 2.75. The summed E-state index contributed by atoms with van der Waals surface area (Å²) in [5.41, 5.74) is -0.929. The highest BCUT2D eigenvalue weighted by molar-refractivity contribution is 7.90. The number of halogens is 1. The lowest BCUT2D eigenvalue weighted by molar-refractivity contribution is -0.385. The third-order valence-electron chi connectivity index (χ3n) is 2.62. The summed E-state index contributed by atoms with van der Waals surface area (Å²) in [6, 6.07) is 1.10. The van der Waals surface area contributed by atoms with Crippen molar-refractivity contribution in [1.82, 2.24) is 5.32 Å². The Morgan fingerprint density at radius 3 is 2.52 bits per heavy atom. The van der Waals surface area contributed by atoms with E-state index in [2.05, 4.69) is 5.32 Å². The van der Waals surface area contributed by atoms with Crippen molar-refractivity contribution in [3.63, 3.8) is 0 Å². The van der Waals surface area contributed by atoms with Crippen molar-refractivity contribution in [3.05, 3.63) is 39.2 Å². The average molecular weight is 318 g/mol. The van der Waals surface area contributed by atoms with Crippen molar-refractivity contribution in [1.29, 1.82) is 0 Å². The standard InChI is InChI=1S/C12H15FN2O5S/c1-7-4-9(15(17)18)5-10(11(7)13)12(16)14-8(2)6-21(3,19)20/h4-5,8H,6H2,1-3H3,(H,14,16). The Morgan fingerprint density at radius 1 is 1.48 bits per heavy atom. The number of nitrogens with one attached hydrogen (secondary N) is 1. The maximum Gasteiger partial charge on any atom is 0.270 e. The number of carbonyl (C=O) groups excluding carboxylic acids is 1. The molecule has 0 saturated carbocycles. The van der Waals surface area contributed by atoms with E-state index < -0.39 is 43.8 Å². The average Bonchev–Trinajstić information content (AvgIpc) is 2.29. The van der Waals surface area contributed by atoms with Crippen LogP contribution in [0, 0.1) is 22.9 Å². The Bertz CT molecular complexity index is 687. The van der Waals surface area contributed by atoms with Crippen LogP contribution in [-0.2, 0) is 9.84 Å².